The normalized spacial score (nSPS) is 48.6. The van der Waals surface area contributed by atoms with Crippen LogP contribution in [0.1, 0.15) is 97.0 Å². The van der Waals surface area contributed by atoms with Crippen molar-refractivity contribution in [1.82, 2.24) is 0 Å². The smallest absolute Gasteiger partial charge is 0.331 e. The van der Waals surface area contributed by atoms with Crippen molar-refractivity contribution in [2.24, 2.45) is 52.3 Å². The summed E-state index contributed by atoms with van der Waals surface area (Å²) in [4.78, 5) is 0. The largest absolute Gasteiger partial charge is 0.393 e. The van der Waals surface area contributed by atoms with E-state index in [-0.39, 0.29) is 34.9 Å². The number of hydrogen-bond donors (Lipinski definition) is 2. The second-order valence-electron chi connectivity index (χ2n) is 15.2. The van der Waals surface area contributed by atoms with E-state index in [2.05, 4.69) is 33.8 Å². The minimum atomic E-state index is -3.14. The summed E-state index contributed by atoms with van der Waals surface area (Å²) in [7, 11) is -3.14. The van der Waals surface area contributed by atoms with Gasteiger partial charge >= 0.3 is 7.60 Å². The zero-order valence-electron chi connectivity index (χ0n) is 25.5. The third-order valence-electron chi connectivity index (χ3n) is 13.3. The molecule has 1 aromatic carbocycles. The Morgan fingerprint density at radius 1 is 1.07 bits per heavy atom. The van der Waals surface area contributed by atoms with Crippen LogP contribution in [0.15, 0.2) is 24.3 Å². The predicted molar refractivity (Wildman–Crippen MR) is 164 cm³/mol. The number of rotatable bonds is 6. The van der Waals surface area contributed by atoms with E-state index in [0.29, 0.717) is 59.9 Å². The maximum atomic E-state index is 13.6. The van der Waals surface area contributed by atoms with Gasteiger partial charge < -0.3 is 19.3 Å². The minimum Gasteiger partial charge on any atom is -0.393 e. The molecule has 41 heavy (non-hydrogen) atoms. The van der Waals surface area contributed by atoms with E-state index in [1.807, 2.05) is 18.2 Å². The van der Waals surface area contributed by atoms with Gasteiger partial charge in [0.1, 0.15) is 0 Å². The highest BCUT2D eigenvalue weighted by atomic mass is 35.5. The van der Waals surface area contributed by atoms with Crippen molar-refractivity contribution >= 4 is 19.2 Å². The van der Waals surface area contributed by atoms with Crippen molar-refractivity contribution in [1.29, 1.82) is 0 Å². The lowest BCUT2D eigenvalue weighted by atomic mass is 9.42. The van der Waals surface area contributed by atoms with Crippen LogP contribution in [-0.4, -0.2) is 41.8 Å². The first-order chi connectivity index (χ1) is 19.4. The third-order valence-corrected chi connectivity index (χ3v) is 15.6. The molecule has 0 bridgehead atoms. The zero-order valence-corrected chi connectivity index (χ0v) is 27.2. The molecule has 0 spiro atoms. The molecular formula is C34H52ClO5P. The van der Waals surface area contributed by atoms with Crippen molar-refractivity contribution in [3.8, 4) is 0 Å². The number of aliphatic hydroxyl groups is 2. The molecule has 6 rings (SSSR count). The highest BCUT2D eigenvalue weighted by Crippen LogP contribution is 2.69. The number of benzene rings is 1. The van der Waals surface area contributed by atoms with E-state index in [9.17, 15) is 14.8 Å². The molecule has 0 aromatic heterocycles. The third kappa shape index (κ3) is 5.42. The Bertz CT molecular complexity index is 1150. The van der Waals surface area contributed by atoms with Gasteiger partial charge in [-0.05, 0) is 134 Å². The fourth-order valence-electron chi connectivity index (χ4n) is 11.1. The standard InChI is InChI=1S/C34H52ClO5P/c1-21(12-16-39-41(38)20-24(13-17-40-41)23-6-5-7-25(35)18-23)27-8-9-28-31-29(11-15-33(27,28)3)34(4)14-10-26(36)19-30(34)22(2)32(31)37/h5-7,18,21-22,24,26-32,36-37H,8-17,19-20H2,1-4H3/t21-,22-,24-,26-,27-,28?,29?,30?,31?,32?,33-,34-,41?/m1/s1. The summed E-state index contributed by atoms with van der Waals surface area (Å²) < 4.78 is 25.4. The summed E-state index contributed by atoms with van der Waals surface area (Å²) in [5.41, 5.74) is 1.57. The Morgan fingerprint density at radius 3 is 2.61 bits per heavy atom. The van der Waals surface area contributed by atoms with Gasteiger partial charge in [-0.2, -0.15) is 0 Å². The van der Waals surface area contributed by atoms with Gasteiger partial charge in [-0.3, -0.25) is 4.57 Å². The Balaban J connectivity index is 1.09. The average molecular weight is 607 g/mol. The maximum Gasteiger partial charge on any atom is 0.331 e. The van der Waals surface area contributed by atoms with Crippen molar-refractivity contribution < 1.29 is 23.8 Å². The predicted octanol–water partition coefficient (Wildman–Crippen LogP) is 8.32. The molecule has 4 saturated carbocycles. The molecule has 13 atom stereocenters. The van der Waals surface area contributed by atoms with Gasteiger partial charge in [-0.25, -0.2) is 0 Å². The Hall–Kier alpha value is -0.420. The van der Waals surface area contributed by atoms with Gasteiger partial charge in [-0.1, -0.05) is 51.4 Å². The summed E-state index contributed by atoms with van der Waals surface area (Å²) in [5, 5.41) is 23.0. The van der Waals surface area contributed by atoms with Gasteiger partial charge in [-0.15, -0.1) is 0 Å². The monoisotopic (exact) mass is 606 g/mol. The van der Waals surface area contributed by atoms with Gasteiger partial charge in [0.15, 0.2) is 0 Å². The Morgan fingerprint density at radius 2 is 1.83 bits per heavy atom. The van der Waals surface area contributed by atoms with Gasteiger partial charge in [0.2, 0.25) is 0 Å². The van der Waals surface area contributed by atoms with E-state index in [4.69, 9.17) is 20.6 Å². The Kier molecular flexibility index (Phi) is 8.58. The molecule has 7 heteroatoms. The molecule has 1 saturated heterocycles. The fourth-order valence-corrected chi connectivity index (χ4v) is 13.3. The number of aliphatic hydroxyl groups excluding tert-OH is 2. The molecule has 1 heterocycles. The minimum absolute atomic E-state index is 0.147. The van der Waals surface area contributed by atoms with Crippen LogP contribution in [0.4, 0.5) is 0 Å². The molecule has 5 nitrogen and oxygen atoms in total. The first-order valence-corrected chi connectivity index (χ1v) is 18.6. The van der Waals surface area contributed by atoms with Crippen molar-refractivity contribution in [2.45, 2.75) is 104 Å². The Labute approximate surface area is 252 Å². The molecule has 5 fully saturated rings. The molecular weight excluding hydrogens is 555 g/mol. The van der Waals surface area contributed by atoms with Crippen molar-refractivity contribution in [3.05, 3.63) is 34.9 Å². The van der Waals surface area contributed by atoms with Crippen LogP contribution in [0, 0.1) is 52.3 Å². The van der Waals surface area contributed by atoms with Crippen molar-refractivity contribution in [3.63, 3.8) is 0 Å². The zero-order chi connectivity index (χ0) is 29.2. The molecule has 2 N–H and O–H groups in total. The molecule has 0 amide bonds. The van der Waals surface area contributed by atoms with Crippen LogP contribution in [-0.2, 0) is 13.6 Å². The second-order valence-corrected chi connectivity index (χ2v) is 17.7. The molecule has 4 aliphatic carbocycles. The summed E-state index contributed by atoms with van der Waals surface area (Å²) in [6.07, 6.45) is 9.34. The van der Waals surface area contributed by atoms with E-state index < -0.39 is 7.60 Å². The number of halogens is 1. The van der Waals surface area contributed by atoms with Gasteiger partial charge in [0.25, 0.3) is 0 Å². The lowest BCUT2D eigenvalue weighted by Gasteiger charge is -2.64. The SMILES string of the molecule is C[C@H]1C(O)C2C(CC[C@@]3(C)C2CC[C@@H]3[C@H](C)CCOP2(=O)C[C@H](c3cccc(Cl)c3)CCO2)[C@@]2(C)CC[C@@H](O)CC12. The number of fused-ring (bicyclic) bond motifs is 5. The van der Waals surface area contributed by atoms with Crippen LogP contribution < -0.4 is 0 Å². The lowest BCUT2D eigenvalue weighted by molar-refractivity contribution is -0.199. The van der Waals surface area contributed by atoms with Gasteiger partial charge in [0, 0.05) is 5.02 Å². The molecule has 1 aliphatic heterocycles. The highest BCUT2D eigenvalue weighted by Gasteiger charge is 2.64. The average Bonchev–Trinajstić information content (AvgIpc) is 3.29. The quantitative estimate of drug-likeness (QED) is 0.318. The van der Waals surface area contributed by atoms with E-state index >= 15 is 0 Å². The first kappa shape index (κ1) is 30.6. The summed E-state index contributed by atoms with van der Waals surface area (Å²) in [6.45, 7) is 10.5. The summed E-state index contributed by atoms with van der Waals surface area (Å²) in [6, 6.07) is 7.85. The van der Waals surface area contributed by atoms with Gasteiger partial charge in [0.05, 0.1) is 31.6 Å². The molecule has 0 radical (unpaired) electrons. The molecule has 230 valence electrons. The first-order valence-electron chi connectivity index (χ1n) is 16.4. The summed E-state index contributed by atoms with van der Waals surface area (Å²) in [5.74, 6) is 3.34. The van der Waals surface area contributed by atoms with Crippen LogP contribution in [0.25, 0.3) is 0 Å². The molecule has 5 aliphatic rings. The second kappa shape index (κ2) is 11.5. The van der Waals surface area contributed by atoms with Crippen LogP contribution in [0.2, 0.25) is 5.02 Å². The highest BCUT2D eigenvalue weighted by molar-refractivity contribution is 7.53. The van der Waals surface area contributed by atoms with Crippen LogP contribution in [0.3, 0.4) is 0 Å². The van der Waals surface area contributed by atoms with E-state index in [1.165, 1.54) is 25.7 Å². The maximum absolute atomic E-state index is 13.6. The molecule has 6 unspecified atom stereocenters. The van der Waals surface area contributed by atoms with Crippen LogP contribution >= 0.6 is 19.2 Å². The van der Waals surface area contributed by atoms with E-state index in [0.717, 1.165) is 37.7 Å². The van der Waals surface area contributed by atoms with E-state index in [1.54, 1.807) is 0 Å². The number of hydrogen-bond acceptors (Lipinski definition) is 5. The molecule has 1 aromatic rings. The summed E-state index contributed by atoms with van der Waals surface area (Å²) >= 11 is 6.22. The lowest BCUT2D eigenvalue weighted by Crippen LogP contribution is -2.61. The van der Waals surface area contributed by atoms with Crippen LogP contribution in [0.5, 0.6) is 0 Å². The topological polar surface area (TPSA) is 76.0 Å². The van der Waals surface area contributed by atoms with Crippen molar-refractivity contribution in [2.75, 3.05) is 19.4 Å². The fraction of sp³-hybridized carbons (Fsp3) is 0.824.